The van der Waals surface area contributed by atoms with Crippen LogP contribution in [0.2, 0.25) is 0 Å². The number of allylic oxidation sites excluding steroid dienone is 4. The number of ether oxygens (including phenoxy) is 3. The van der Waals surface area contributed by atoms with Crippen molar-refractivity contribution in [3.63, 3.8) is 0 Å². The predicted molar refractivity (Wildman–Crippen MR) is 335 cm³/mol. The van der Waals surface area contributed by atoms with E-state index < -0.39 is 6.10 Å². The first-order valence-electron chi connectivity index (χ1n) is 34.8. The summed E-state index contributed by atoms with van der Waals surface area (Å²) in [5, 5.41) is 0. The molecule has 454 valence electrons. The molecule has 0 saturated carbocycles. The van der Waals surface area contributed by atoms with Gasteiger partial charge in [0.1, 0.15) is 13.2 Å². The molecule has 6 heteroatoms. The molecule has 0 amide bonds. The molecular weight excluding hydrogens is 949 g/mol. The third kappa shape index (κ3) is 64.6. The van der Waals surface area contributed by atoms with E-state index >= 15 is 0 Å². The van der Waals surface area contributed by atoms with Crippen LogP contribution in [0.15, 0.2) is 24.3 Å². The standard InChI is InChI=1S/C71H134O6/c1-4-7-10-13-16-19-22-25-27-28-29-30-31-32-33-34-35-36-37-38-39-40-41-42-44-46-49-52-55-58-61-64-70(73)76-67-68(66-75-69(72)63-60-57-54-51-48-45-24-21-18-15-12-9-6-3)77-71(74)65-62-59-56-53-50-47-43-26-23-20-17-14-11-8-5-2/h26,28-29,43,68H,4-25,27,30-42,44-67H2,1-3H3/b29-28-,43-26-. The zero-order valence-electron chi connectivity index (χ0n) is 52.3. The van der Waals surface area contributed by atoms with E-state index in [1.54, 1.807) is 0 Å². The maximum Gasteiger partial charge on any atom is 0.306 e. The molecule has 0 fully saturated rings. The Morgan fingerprint density at radius 1 is 0.247 bits per heavy atom. The molecule has 6 nitrogen and oxygen atoms in total. The molecular formula is C71H134O6. The van der Waals surface area contributed by atoms with Crippen molar-refractivity contribution in [2.75, 3.05) is 13.2 Å². The van der Waals surface area contributed by atoms with Crippen LogP contribution < -0.4 is 0 Å². The van der Waals surface area contributed by atoms with Gasteiger partial charge >= 0.3 is 17.9 Å². The average Bonchev–Trinajstić information content (AvgIpc) is 3.43. The second-order valence-corrected chi connectivity index (χ2v) is 23.8. The lowest BCUT2D eigenvalue weighted by Crippen LogP contribution is -2.30. The molecule has 0 aliphatic heterocycles. The van der Waals surface area contributed by atoms with Gasteiger partial charge in [0.2, 0.25) is 0 Å². The summed E-state index contributed by atoms with van der Waals surface area (Å²) in [6, 6.07) is 0. The first-order valence-corrected chi connectivity index (χ1v) is 34.8. The minimum atomic E-state index is -0.771. The van der Waals surface area contributed by atoms with Crippen molar-refractivity contribution in [1.82, 2.24) is 0 Å². The van der Waals surface area contributed by atoms with Crippen molar-refractivity contribution in [3.05, 3.63) is 24.3 Å². The number of esters is 3. The highest BCUT2D eigenvalue weighted by Crippen LogP contribution is 2.18. The van der Waals surface area contributed by atoms with E-state index in [0.717, 1.165) is 64.2 Å². The van der Waals surface area contributed by atoms with Crippen LogP contribution in [-0.4, -0.2) is 37.2 Å². The minimum absolute atomic E-state index is 0.0684. The van der Waals surface area contributed by atoms with Crippen LogP contribution in [0, 0.1) is 0 Å². The van der Waals surface area contributed by atoms with Gasteiger partial charge in [0.15, 0.2) is 6.10 Å². The number of carbonyl (C=O) groups excluding carboxylic acids is 3. The number of hydrogen-bond acceptors (Lipinski definition) is 6. The van der Waals surface area contributed by atoms with Crippen LogP contribution >= 0.6 is 0 Å². The van der Waals surface area contributed by atoms with Gasteiger partial charge in [-0.25, -0.2) is 0 Å². The molecule has 0 heterocycles. The zero-order chi connectivity index (χ0) is 55.7. The highest BCUT2D eigenvalue weighted by Gasteiger charge is 2.19. The Kier molecular flexibility index (Phi) is 64.6. The molecule has 0 bridgehead atoms. The molecule has 0 spiro atoms. The molecule has 1 atom stereocenters. The summed E-state index contributed by atoms with van der Waals surface area (Å²) >= 11 is 0. The third-order valence-electron chi connectivity index (χ3n) is 15.9. The molecule has 0 rings (SSSR count). The third-order valence-corrected chi connectivity index (χ3v) is 15.9. The number of carbonyl (C=O) groups is 3. The molecule has 0 N–H and O–H groups in total. The highest BCUT2D eigenvalue weighted by atomic mass is 16.6. The van der Waals surface area contributed by atoms with Crippen LogP contribution in [-0.2, 0) is 28.6 Å². The second-order valence-electron chi connectivity index (χ2n) is 23.8. The molecule has 1 unspecified atom stereocenters. The van der Waals surface area contributed by atoms with Gasteiger partial charge in [-0.3, -0.25) is 14.4 Å². The van der Waals surface area contributed by atoms with Crippen molar-refractivity contribution in [1.29, 1.82) is 0 Å². The van der Waals surface area contributed by atoms with Crippen molar-refractivity contribution < 1.29 is 28.6 Å². The summed E-state index contributed by atoms with van der Waals surface area (Å²) in [4.78, 5) is 38.3. The van der Waals surface area contributed by atoms with Gasteiger partial charge in [0.25, 0.3) is 0 Å². The van der Waals surface area contributed by atoms with Gasteiger partial charge in [-0.2, -0.15) is 0 Å². The fraction of sp³-hybridized carbons (Fsp3) is 0.901. The smallest absolute Gasteiger partial charge is 0.306 e. The molecule has 0 aliphatic rings. The van der Waals surface area contributed by atoms with E-state index in [1.807, 2.05) is 0 Å². The van der Waals surface area contributed by atoms with E-state index in [0.29, 0.717) is 19.3 Å². The first-order chi connectivity index (χ1) is 38.0. The normalized spacial score (nSPS) is 12.1. The van der Waals surface area contributed by atoms with Gasteiger partial charge < -0.3 is 14.2 Å². The maximum absolute atomic E-state index is 12.9. The van der Waals surface area contributed by atoms with Crippen LogP contribution in [0.4, 0.5) is 0 Å². The zero-order valence-corrected chi connectivity index (χ0v) is 52.3. The monoisotopic (exact) mass is 1080 g/mol. The van der Waals surface area contributed by atoms with Crippen LogP contribution in [0.1, 0.15) is 393 Å². The van der Waals surface area contributed by atoms with Crippen LogP contribution in [0.3, 0.4) is 0 Å². The second kappa shape index (κ2) is 66.4. The number of unbranched alkanes of at least 4 members (excludes halogenated alkanes) is 50. The van der Waals surface area contributed by atoms with E-state index in [1.165, 1.54) is 289 Å². The van der Waals surface area contributed by atoms with Crippen molar-refractivity contribution in [3.8, 4) is 0 Å². The Morgan fingerprint density at radius 2 is 0.429 bits per heavy atom. The van der Waals surface area contributed by atoms with E-state index in [9.17, 15) is 14.4 Å². The largest absolute Gasteiger partial charge is 0.462 e. The lowest BCUT2D eigenvalue weighted by Gasteiger charge is -2.18. The summed E-state index contributed by atoms with van der Waals surface area (Å²) in [5.74, 6) is -0.848. The summed E-state index contributed by atoms with van der Waals surface area (Å²) in [6.07, 6.45) is 80.7. The van der Waals surface area contributed by atoms with Gasteiger partial charge in [0.05, 0.1) is 0 Å². The minimum Gasteiger partial charge on any atom is -0.462 e. The number of hydrogen-bond donors (Lipinski definition) is 0. The van der Waals surface area contributed by atoms with Gasteiger partial charge in [0, 0.05) is 19.3 Å². The van der Waals surface area contributed by atoms with Crippen molar-refractivity contribution >= 4 is 17.9 Å². The molecule has 0 aromatic heterocycles. The SMILES string of the molecule is CCCCCCCC/C=C\CCCCCCCC(=O)OC(COC(=O)CCCCCCCCCCCCCCC)COC(=O)CCCCCCCCCCCCCCCCCCCCC/C=C\CCCCCCCCCC. The average molecular weight is 1080 g/mol. The van der Waals surface area contributed by atoms with E-state index in [-0.39, 0.29) is 31.1 Å². The topological polar surface area (TPSA) is 78.9 Å². The van der Waals surface area contributed by atoms with Crippen LogP contribution in [0.25, 0.3) is 0 Å². The molecule has 0 saturated heterocycles. The van der Waals surface area contributed by atoms with Gasteiger partial charge in [-0.15, -0.1) is 0 Å². The fourth-order valence-corrected chi connectivity index (χ4v) is 10.7. The summed E-state index contributed by atoms with van der Waals surface area (Å²) in [7, 11) is 0. The Labute approximate surface area is 481 Å². The molecule has 0 aliphatic carbocycles. The molecule has 0 aromatic carbocycles. The van der Waals surface area contributed by atoms with Gasteiger partial charge in [-0.05, 0) is 70.6 Å². The predicted octanol–water partition coefficient (Wildman–Crippen LogP) is 23.8. The fourth-order valence-electron chi connectivity index (χ4n) is 10.7. The van der Waals surface area contributed by atoms with Gasteiger partial charge in [-0.1, -0.05) is 328 Å². The summed E-state index contributed by atoms with van der Waals surface area (Å²) < 4.78 is 16.9. The van der Waals surface area contributed by atoms with Crippen molar-refractivity contribution in [2.45, 2.75) is 399 Å². The lowest BCUT2D eigenvalue weighted by atomic mass is 10.0. The van der Waals surface area contributed by atoms with E-state index in [4.69, 9.17) is 14.2 Å². The molecule has 77 heavy (non-hydrogen) atoms. The lowest BCUT2D eigenvalue weighted by molar-refractivity contribution is -0.167. The summed E-state index contributed by atoms with van der Waals surface area (Å²) in [6.45, 7) is 6.69. The first kappa shape index (κ1) is 74.9. The molecule has 0 radical (unpaired) electrons. The quantitative estimate of drug-likeness (QED) is 0.0261. The number of rotatable bonds is 65. The van der Waals surface area contributed by atoms with Crippen molar-refractivity contribution in [2.24, 2.45) is 0 Å². The Bertz CT molecular complexity index is 1240. The van der Waals surface area contributed by atoms with E-state index in [2.05, 4.69) is 45.1 Å². The Hall–Kier alpha value is -2.11. The maximum atomic E-state index is 12.9. The summed E-state index contributed by atoms with van der Waals surface area (Å²) in [5.41, 5.74) is 0. The highest BCUT2D eigenvalue weighted by molar-refractivity contribution is 5.71. The Balaban J connectivity index is 4.11. The molecule has 0 aromatic rings. The van der Waals surface area contributed by atoms with Crippen LogP contribution in [0.5, 0.6) is 0 Å². The Morgan fingerprint density at radius 3 is 0.649 bits per heavy atom.